The first-order chi connectivity index (χ1) is 8.63. The van der Waals surface area contributed by atoms with Crippen molar-refractivity contribution in [2.45, 2.75) is 23.8 Å². The molecule has 2 rings (SSSR count). The molecule has 3 N–H and O–H groups in total. The summed E-state index contributed by atoms with van der Waals surface area (Å²) in [6, 6.07) is 7.12. The zero-order valence-electron chi connectivity index (χ0n) is 10.4. The van der Waals surface area contributed by atoms with Gasteiger partial charge in [-0.05, 0) is 32.0 Å². The molecule has 0 aromatic heterocycles. The largest absolute Gasteiger partial charge is 0.383 e. The lowest BCUT2D eigenvalue weighted by Gasteiger charge is -2.12. The van der Waals surface area contributed by atoms with Gasteiger partial charge in [-0.25, -0.2) is 13.1 Å². The van der Waals surface area contributed by atoms with Gasteiger partial charge in [0.1, 0.15) is 4.90 Å². The van der Waals surface area contributed by atoms with E-state index in [9.17, 15) is 8.42 Å². The Morgan fingerprint density at radius 3 is 2.61 bits per heavy atom. The molecule has 0 amide bonds. The third-order valence-electron chi connectivity index (χ3n) is 2.77. The van der Waals surface area contributed by atoms with E-state index in [1.165, 1.54) is 0 Å². The van der Waals surface area contributed by atoms with Gasteiger partial charge in [-0.2, -0.15) is 0 Å². The molecule has 1 saturated carbocycles. The number of nitrogens with one attached hydrogen (secondary N) is 3. The molecule has 1 fully saturated rings. The summed E-state index contributed by atoms with van der Waals surface area (Å²) in [5.74, 6) is 0. The molecule has 1 aliphatic carbocycles. The minimum absolute atomic E-state index is 0.125. The van der Waals surface area contributed by atoms with E-state index < -0.39 is 10.0 Å². The Labute approximate surface area is 108 Å². The summed E-state index contributed by atoms with van der Waals surface area (Å²) in [4.78, 5) is 0.327. The van der Waals surface area contributed by atoms with E-state index in [1.807, 2.05) is 13.1 Å². The topological polar surface area (TPSA) is 70.2 Å². The molecule has 1 aliphatic rings. The van der Waals surface area contributed by atoms with Crippen molar-refractivity contribution in [3.63, 3.8) is 0 Å². The van der Waals surface area contributed by atoms with Crippen LogP contribution in [-0.4, -0.2) is 34.6 Å². The van der Waals surface area contributed by atoms with Gasteiger partial charge in [-0.3, -0.25) is 0 Å². The van der Waals surface area contributed by atoms with Crippen molar-refractivity contribution in [3.05, 3.63) is 24.3 Å². The maximum absolute atomic E-state index is 12.2. The zero-order valence-corrected chi connectivity index (χ0v) is 11.3. The quantitative estimate of drug-likeness (QED) is 0.639. The lowest BCUT2D eigenvalue weighted by atomic mass is 10.3. The monoisotopic (exact) mass is 269 g/mol. The molecule has 1 aromatic carbocycles. The highest BCUT2D eigenvalue weighted by atomic mass is 32.2. The van der Waals surface area contributed by atoms with Gasteiger partial charge in [0.15, 0.2) is 0 Å². The van der Waals surface area contributed by atoms with Crippen molar-refractivity contribution in [1.29, 1.82) is 0 Å². The Hall–Kier alpha value is -1.11. The summed E-state index contributed by atoms with van der Waals surface area (Å²) in [5.41, 5.74) is 0.654. The van der Waals surface area contributed by atoms with Crippen LogP contribution in [0.15, 0.2) is 29.2 Å². The first-order valence-electron chi connectivity index (χ1n) is 6.13. The summed E-state index contributed by atoms with van der Waals surface area (Å²) in [6.45, 7) is 1.47. The van der Waals surface area contributed by atoms with Gasteiger partial charge >= 0.3 is 0 Å². The number of anilines is 1. The first kappa shape index (κ1) is 13.3. The first-order valence-corrected chi connectivity index (χ1v) is 7.61. The second-order valence-electron chi connectivity index (χ2n) is 4.42. The molecule has 1 aromatic rings. The second-order valence-corrected chi connectivity index (χ2v) is 6.10. The van der Waals surface area contributed by atoms with Crippen LogP contribution in [0.25, 0.3) is 0 Å². The van der Waals surface area contributed by atoms with Gasteiger partial charge in [0.25, 0.3) is 0 Å². The third kappa shape index (κ3) is 3.44. The van der Waals surface area contributed by atoms with Crippen LogP contribution >= 0.6 is 0 Å². The molecular weight excluding hydrogens is 250 g/mol. The molecular formula is C12H19N3O2S. The van der Waals surface area contributed by atoms with Gasteiger partial charge in [-0.15, -0.1) is 0 Å². The summed E-state index contributed by atoms with van der Waals surface area (Å²) in [7, 11) is -1.54. The number of hydrogen-bond acceptors (Lipinski definition) is 4. The standard InChI is InChI=1S/C12H19N3O2S/c1-13-8-9-14-11-4-2-3-5-12(11)18(16,17)15-10-6-7-10/h2-5,10,13-15H,6-9H2,1H3. The molecule has 18 heavy (non-hydrogen) atoms. The molecule has 0 unspecified atom stereocenters. The Kier molecular flexibility index (Phi) is 4.21. The van der Waals surface area contributed by atoms with Gasteiger partial charge in [-0.1, -0.05) is 12.1 Å². The van der Waals surface area contributed by atoms with Crippen molar-refractivity contribution >= 4 is 15.7 Å². The van der Waals surface area contributed by atoms with Crippen molar-refractivity contribution in [2.24, 2.45) is 0 Å². The van der Waals surface area contributed by atoms with Crippen LogP contribution in [0.1, 0.15) is 12.8 Å². The Bertz CT molecular complexity index is 498. The number of likely N-dealkylation sites (N-methyl/N-ethyl adjacent to an activating group) is 1. The zero-order chi connectivity index (χ0) is 13.0. The lowest BCUT2D eigenvalue weighted by molar-refractivity contribution is 0.581. The molecule has 5 nitrogen and oxygen atoms in total. The van der Waals surface area contributed by atoms with E-state index in [-0.39, 0.29) is 6.04 Å². The van der Waals surface area contributed by atoms with Crippen molar-refractivity contribution in [2.75, 3.05) is 25.5 Å². The van der Waals surface area contributed by atoms with E-state index in [0.717, 1.165) is 19.4 Å². The number of rotatable bonds is 7. The van der Waals surface area contributed by atoms with Crippen LogP contribution in [0.5, 0.6) is 0 Å². The van der Waals surface area contributed by atoms with Gasteiger partial charge in [0.2, 0.25) is 10.0 Å². The lowest BCUT2D eigenvalue weighted by Crippen LogP contribution is -2.27. The fraction of sp³-hybridized carbons (Fsp3) is 0.500. The minimum atomic E-state index is -3.40. The maximum atomic E-state index is 12.2. The van der Waals surface area contributed by atoms with Crippen LogP contribution in [0.4, 0.5) is 5.69 Å². The Balaban J connectivity index is 2.15. The van der Waals surface area contributed by atoms with Crippen LogP contribution in [0, 0.1) is 0 Å². The molecule has 0 bridgehead atoms. The highest BCUT2D eigenvalue weighted by Gasteiger charge is 2.29. The van der Waals surface area contributed by atoms with Crippen molar-refractivity contribution < 1.29 is 8.42 Å². The Morgan fingerprint density at radius 1 is 1.22 bits per heavy atom. The van der Waals surface area contributed by atoms with Gasteiger partial charge in [0.05, 0.1) is 5.69 Å². The molecule has 0 heterocycles. The van der Waals surface area contributed by atoms with Crippen molar-refractivity contribution in [1.82, 2.24) is 10.0 Å². The van der Waals surface area contributed by atoms with Crippen LogP contribution in [0.2, 0.25) is 0 Å². The number of hydrogen-bond donors (Lipinski definition) is 3. The number of para-hydroxylation sites is 1. The predicted molar refractivity (Wildman–Crippen MR) is 72.2 cm³/mol. The average molecular weight is 269 g/mol. The van der Waals surface area contributed by atoms with Crippen LogP contribution in [-0.2, 0) is 10.0 Å². The molecule has 0 spiro atoms. The van der Waals surface area contributed by atoms with Crippen molar-refractivity contribution in [3.8, 4) is 0 Å². The van der Waals surface area contributed by atoms with E-state index in [0.29, 0.717) is 17.1 Å². The predicted octanol–water partition coefficient (Wildman–Crippen LogP) is 0.759. The Morgan fingerprint density at radius 2 is 1.94 bits per heavy atom. The molecule has 0 radical (unpaired) electrons. The SMILES string of the molecule is CNCCNc1ccccc1S(=O)(=O)NC1CC1. The third-order valence-corrected chi connectivity index (χ3v) is 4.34. The smallest absolute Gasteiger partial charge is 0.242 e. The van der Waals surface area contributed by atoms with E-state index in [1.54, 1.807) is 18.2 Å². The average Bonchev–Trinajstić information content (AvgIpc) is 3.13. The van der Waals surface area contributed by atoms with Crippen LogP contribution < -0.4 is 15.4 Å². The molecule has 0 saturated heterocycles. The fourth-order valence-electron chi connectivity index (χ4n) is 1.65. The summed E-state index contributed by atoms with van der Waals surface area (Å²) in [5, 5.41) is 6.14. The minimum Gasteiger partial charge on any atom is -0.383 e. The summed E-state index contributed by atoms with van der Waals surface area (Å²) in [6.07, 6.45) is 1.88. The fourth-order valence-corrected chi connectivity index (χ4v) is 3.14. The summed E-state index contributed by atoms with van der Waals surface area (Å²) < 4.78 is 27.0. The summed E-state index contributed by atoms with van der Waals surface area (Å²) >= 11 is 0. The molecule has 100 valence electrons. The van der Waals surface area contributed by atoms with Gasteiger partial charge in [0, 0.05) is 19.1 Å². The normalized spacial score (nSPS) is 15.6. The molecule has 0 aliphatic heterocycles. The van der Waals surface area contributed by atoms with E-state index in [2.05, 4.69) is 15.4 Å². The molecule has 0 atom stereocenters. The van der Waals surface area contributed by atoms with E-state index in [4.69, 9.17) is 0 Å². The van der Waals surface area contributed by atoms with Crippen LogP contribution in [0.3, 0.4) is 0 Å². The highest BCUT2D eigenvalue weighted by molar-refractivity contribution is 7.89. The van der Waals surface area contributed by atoms with E-state index >= 15 is 0 Å². The highest BCUT2D eigenvalue weighted by Crippen LogP contribution is 2.25. The maximum Gasteiger partial charge on any atom is 0.242 e. The number of benzene rings is 1. The molecule has 6 heteroatoms. The number of sulfonamides is 1. The van der Waals surface area contributed by atoms with Gasteiger partial charge < -0.3 is 10.6 Å². The second kappa shape index (κ2) is 5.69.